The molecule has 136 valence electrons. The van der Waals surface area contributed by atoms with Gasteiger partial charge in [0, 0.05) is 0 Å². The first-order valence-electron chi connectivity index (χ1n) is 9.93. The average Bonchev–Trinajstić information content (AvgIpc) is 3.61. The number of nitrogens with two attached hydrogens (primary N) is 1. The quantitative estimate of drug-likeness (QED) is 0.467. The first-order valence-corrected chi connectivity index (χ1v) is 16.2. The molecule has 27 heavy (non-hydrogen) atoms. The number of nitrogen functional groups attached to an aromatic ring is 1. The van der Waals surface area contributed by atoms with Crippen molar-refractivity contribution in [2.24, 2.45) is 0 Å². The fraction of sp³-hybridized carbons (Fsp3) is 0.500. The number of fused-ring (bicyclic) bond motifs is 10. The van der Waals surface area contributed by atoms with E-state index in [2.05, 4.69) is 11.1 Å². The summed E-state index contributed by atoms with van der Waals surface area (Å²) >= 11 is 0. The van der Waals surface area contributed by atoms with Gasteiger partial charge in [0.15, 0.2) is 0 Å². The van der Waals surface area contributed by atoms with Crippen LogP contribution in [0.3, 0.4) is 0 Å². The van der Waals surface area contributed by atoms with E-state index in [4.69, 9.17) is 10.7 Å². The minimum absolute atomic E-state index is 0.109. The molecule has 0 aliphatic carbocycles. The van der Waals surface area contributed by atoms with Crippen LogP contribution in [0, 0.1) is 10.1 Å². The predicted molar refractivity (Wildman–Crippen MR) is 94.0 cm³/mol. The zero-order valence-corrected chi connectivity index (χ0v) is 15.3. The molecule has 2 N–H and O–H groups in total. The van der Waals surface area contributed by atoms with Gasteiger partial charge in [0.1, 0.15) is 0 Å². The van der Waals surface area contributed by atoms with Crippen molar-refractivity contribution in [3.05, 3.63) is 46.1 Å². The van der Waals surface area contributed by atoms with Gasteiger partial charge in [-0.15, -0.1) is 0 Å². The molecule has 1 spiro atoms. The third-order valence-corrected chi connectivity index (χ3v) is 59.5. The molecule has 0 bridgehead atoms. The Balaban J connectivity index is 1.15. The van der Waals surface area contributed by atoms with Crippen molar-refractivity contribution in [2.45, 2.75) is 47.7 Å². The number of nitrogens with zero attached hydrogens (tertiary/aromatic N) is 3. The number of non-ortho nitro benzene ring substituents is 1. The molecule has 10 fully saturated rings. The molecule has 1 aromatic heterocycles. The van der Waals surface area contributed by atoms with Gasteiger partial charge in [0.25, 0.3) is 0 Å². The molecule has 2 aromatic rings. The van der Waals surface area contributed by atoms with Gasteiger partial charge in [-0.2, -0.15) is 0 Å². The van der Waals surface area contributed by atoms with Crippen LogP contribution < -0.4 is 5.73 Å². The summed E-state index contributed by atoms with van der Waals surface area (Å²) in [6.07, 6.45) is 0. The summed E-state index contributed by atoms with van der Waals surface area (Å²) < 4.78 is 0.547. The number of hydrogen-bond acceptors (Lipinski definition) is 5. The summed E-state index contributed by atoms with van der Waals surface area (Å²) in [6, 6.07) is 8.93. The molecular formula is C20H16FeN4O2. The Morgan fingerprint density at radius 2 is 1.56 bits per heavy atom. The fourth-order valence-electron chi connectivity index (χ4n) is 18.5. The molecule has 0 amide bonds. The Morgan fingerprint density at radius 1 is 0.963 bits per heavy atom. The summed E-state index contributed by atoms with van der Waals surface area (Å²) in [5, 5.41) is 10.9. The average molecular weight is 400 g/mol. The normalized spacial score (nSPS) is 79.0. The zero-order chi connectivity index (χ0) is 17.4. The molecule has 10 aliphatic rings. The molecular weight excluding hydrogens is 384 g/mol. The summed E-state index contributed by atoms with van der Waals surface area (Å²) in [4.78, 5) is 31.0. The van der Waals surface area contributed by atoms with Crippen molar-refractivity contribution < 1.29 is 11.4 Å². The van der Waals surface area contributed by atoms with Crippen molar-refractivity contribution in [1.82, 2.24) is 9.97 Å². The first kappa shape index (κ1) is 11.1. The summed E-state index contributed by atoms with van der Waals surface area (Å²) in [6.45, 7) is -3.28. The van der Waals surface area contributed by atoms with Gasteiger partial charge in [-0.3, -0.25) is 0 Å². The second kappa shape index (κ2) is 1.25. The molecule has 10 aliphatic heterocycles. The van der Waals surface area contributed by atoms with Crippen LogP contribution in [0.1, 0.15) is 5.69 Å². The first-order chi connectivity index (χ1) is 12.8. The van der Waals surface area contributed by atoms with E-state index in [1.54, 1.807) is 24.3 Å². The molecule has 7 heteroatoms. The second-order valence-electron chi connectivity index (χ2n) is 13.0. The Hall–Kier alpha value is -1.98. The molecule has 11 heterocycles. The van der Waals surface area contributed by atoms with Crippen LogP contribution in [0.5, 0.6) is 0 Å². The van der Waals surface area contributed by atoms with Gasteiger partial charge in [-0.05, 0) is 0 Å². The van der Waals surface area contributed by atoms with Crippen molar-refractivity contribution in [3.63, 3.8) is 0 Å². The third kappa shape index (κ3) is 0.191. The van der Waals surface area contributed by atoms with E-state index >= 15 is 0 Å². The summed E-state index contributed by atoms with van der Waals surface area (Å²) in [5.41, 5.74) is 9.39. The van der Waals surface area contributed by atoms with Crippen molar-refractivity contribution in [1.29, 1.82) is 0 Å². The maximum absolute atomic E-state index is 10.9. The minimum atomic E-state index is -3.28. The van der Waals surface area contributed by atoms with Crippen molar-refractivity contribution in [2.75, 3.05) is 5.73 Å². The van der Waals surface area contributed by atoms with Gasteiger partial charge >= 0.3 is 144 Å². The van der Waals surface area contributed by atoms with E-state index < -0.39 is 6.51 Å². The number of rotatable bonds is 3. The van der Waals surface area contributed by atoms with Gasteiger partial charge in [-0.1, -0.05) is 0 Å². The number of benzene rings is 1. The summed E-state index contributed by atoms with van der Waals surface area (Å²) in [5.74, 6) is 0.386. The molecule has 0 saturated carbocycles. The van der Waals surface area contributed by atoms with Crippen molar-refractivity contribution in [3.8, 4) is 11.3 Å². The molecule has 4 unspecified atom stereocenters. The van der Waals surface area contributed by atoms with E-state index in [0.29, 0.717) is 10.3 Å². The third-order valence-electron chi connectivity index (χ3n) is 17.2. The van der Waals surface area contributed by atoms with Crippen LogP contribution in [-0.2, 0) is 10.8 Å². The van der Waals surface area contributed by atoms with Crippen LogP contribution in [-0.4, -0.2) is 14.9 Å². The van der Waals surface area contributed by atoms with E-state index in [9.17, 15) is 10.1 Å². The molecule has 4 atom stereocenters. The van der Waals surface area contributed by atoms with Crippen molar-refractivity contribution >= 4 is 11.6 Å². The van der Waals surface area contributed by atoms with E-state index in [1.165, 1.54) is 39.4 Å². The van der Waals surface area contributed by atoms with Crippen LogP contribution >= 0.6 is 0 Å². The second-order valence-corrected chi connectivity index (χ2v) is 36.5. The van der Waals surface area contributed by atoms with Crippen LogP contribution in [0.25, 0.3) is 11.3 Å². The number of anilines is 1. The van der Waals surface area contributed by atoms with E-state index in [1.807, 2.05) is 0 Å². The Bertz CT molecular complexity index is 1580. The molecule has 0 radical (unpaired) electrons. The zero-order valence-electron chi connectivity index (χ0n) is 14.2. The van der Waals surface area contributed by atoms with E-state index in [0.717, 1.165) is 20.9 Å². The van der Waals surface area contributed by atoms with Crippen LogP contribution in [0.2, 0.25) is 43.3 Å². The van der Waals surface area contributed by atoms with Gasteiger partial charge < -0.3 is 0 Å². The number of hydrogen-bond donors (Lipinski definition) is 1. The van der Waals surface area contributed by atoms with Crippen LogP contribution in [0.4, 0.5) is 11.6 Å². The molecule has 1 aromatic carbocycles. The Morgan fingerprint density at radius 3 is 2.00 bits per heavy atom. The number of nitro benzene ring substituents is 1. The van der Waals surface area contributed by atoms with Gasteiger partial charge in [0.2, 0.25) is 0 Å². The van der Waals surface area contributed by atoms with Gasteiger partial charge in [0.05, 0.1) is 0 Å². The number of nitro groups is 1. The Kier molecular flexibility index (Phi) is 0.514. The monoisotopic (exact) mass is 400 g/mol. The molecule has 12 rings (SSSR count). The maximum atomic E-state index is 10.9. The van der Waals surface area contributed by atoms with E-state index in [-0.39, 0.29) is 10.6 Å². The standard InChI is InChI=1S/C15H11N4O2.C5H5.Fe/c16-15-17-13(10-3-1-2-4-10)9-14(18-15)11-5-7-12(8-6-11)19(20)21;1-2-4-5-3-1;/h1-9H,(H2,16,17,18);1-5H;. The van der Waals surface area contributed by atoms with Gasteiger partial charge in [-0.25, -0.2) is 0 Å². The topological polar surface area (TPSA) is 94.9 Å². The predicted octanol–water partition coefficient (Wildman–Crippen LogP) is 4.43. The fourth-order valence-corrected chi connectivity index (χ4v) is 92.4. The molecule has 6 nitrogen and oxygen atoms in total. The Labute approximate surface area is 144 Å². The summed E-state index contributed by atoms with van der Waals surface area (Å²) in [7, 11) is 0. The number of aromatic nitrogens is 2. The SMILES string of the molecule is Nc1nc(-c2ccc([N+](=O)[O-])cc2)cc([C]23[CH]4[CH]5[CH]6[CH]2[Fe]56432789[CH]3[CH]2[CH]7[CH]8[CH]39)n1. The molecule has 10 saturated heterocycles. The van der Waals surface area contributed by atoms with Crippen LogP contribution in [0.15, 0.2) is 30.3 Å².